The van der Waals surface area contributed by atoms with E-state index >= 15 is 0 Å². The number of guanidine groups is 1. The van der Waals surface area contributed by atoms with Crippen LogP contribution in [0.3, 0.4) is 0 Å². The molecule has 156 valence electrons. The number of fused-ring (bicyclic) bond motifs is 1. The Labute approximate surface area is 184 Å². The van der Waals surface area contributed by atoms with Crippen LogP contribution in [0.2, 0.25) is 0 Å². The smallest absolute Gasteiger partial charge is 0.191 e. The van der Waals surface area contributed by atoms with E-state index in [1.54, 1.807) is 0 Å². The van der Waals surface area contributed by atoms with E-state index in [0.29, 0.717) is 18.5 Å². The molecule has 0 bridgehead atoms. The van der Waals surface area contributed by atoms with Gasteiger partial charge in [0.2, 0.25) is 0 Å². The van der Waals surface area contributed by atoms with Crippen LogP contribution in [-0.4, -0.2) is 43.1 Å². The molecular formula is C19H33IN8. The quantitative estimate of drug-likeness (QED) is 0.375. The van der Waals surface area contributed by atoms with Crippen LogP contribution in [-0.2, 0) is 26.6 Å². The molecule has 0 spiro atoms. The highest BCUT2D eigenvalue weighted by molar-refractivity contribution is 14.0. The molecule has 28 heavy (non-hydrogen) atoms. The third kappa shape index (κ3) is 5.03. The Hall–Kier alpha value is -1.65. The molecule has 8 nitrogen and oxygen atoms in total. The van der Waals surface area contributed by atoms with Gasteiger partial charge in [0.1, 0.15) is 5.82 Å². The lowest BCUT2D eigenvalue weighted by atomic mass is 10.1. The van der Waals surface area contributed by atoms with Crippen molar-refractivity contribution in [3.63, 3.8) is 0 Å². The first-order valence-corrected chi connectivity index (χ1v) is 9.86. The zero-order valence-electron chi connectivity index (χ0n) is 17.8. The summed E-state index contributed by atoms with van der Waals surface area (Å²) in [6, 6.07) is 0.299. The highest BCUT2D eigenvalue weighted by atomic mass is 127. The molecule has 0 amide bonds. The Morgan fingerprint density at radius 1 is 1.29 bits per heavy atom. The van der Waals surface area contributed by atoms with Crippen LogP contribution in [0.5, 0.6) is 0 Å². The minimum Gasteiger partial charge on any atom is -0.357 e. The molecule has 0 aliphatic carbocycles. The largest absolute Gasteiger partial charge is 0.357 e. The van der Waals surface area contributed by atoms with E-state index in [-0.39, 0.29) is 24.0 Å². The minimum absolute atomic E-state index is 0. The van der Waals surface area contributed by atoms with Crippen molar-refractivity contribution >= 4 is 29.9 Å². The fourth-order valence-corrected chi connectivity index (χ4v) is 3.41. The molecule has 1 unspecified atom stereocenters. The molecule has 1 aliphatic heterocycles. The van der Waals surface area contributed by atoms with Crippen molar-refractivity contribution in [2.75, 3.05) is 6.54 Å². The van der Waals surface area contributed by atoms with Crippen LogP contribution in [0.15, 0.2) is 4.99 Å². The van der Waals surface area contributed by atoms with E-state index in [2.05, 4.69) is 58.2 Å². The normalized spacial score (nSPS) is 16.7. The molecule has 2 aromatic rings. The number of hydrogen-bond acceptors (Lipinski definition) is 4. The number of rotatable bonds is 5. The average Bonchev–Trinajstić information content (AvgIpc) is 3.14. The van der Waals surface area contributed by atoms with Gasteiger partial charge in [-0.2, -0.15) is 10.2 Å². The van der Waals surface area contributed by atoms with E-state index in [9.17, 15) is 0 Å². The first-order valence-electron chi connectivity index (χ1n) is 9.86. The zero-order valence-corrected chi connectivity index (χ0v) is 20.1. The average molecular weight is 500 g/mol. The van der Waals surface area contributed by atoms with Gasteiger partial charge in [0.25, 0.3) is 0 Å². The molecule has 0 radical (unpaired) electrons. The molecule has 1 atom stereocenters. The predicted molar refractivity (Wildman–Crippen MR) is 122 cm³/mol. The standard InChI is InChI=1S/C19H32N8.HI/c1-7-20-19(21-10-16-13(4)24-26(6)14(16)5)22-15-8-9-17-23-18(12(2)3)25-27(17)11-15;/h12,15H,7-11H2,1-6H3,(H2,20,21,22);1H. The fourth-order valence-electron chi connectivity index (χ4n) is 3.41. The van der Waals surface area contributed by atoms with E-state index in [1.807, 2.05) is 18.7 Å². The van der Waals surface area contributed by atoms with Gasteiger partial charge in [0.15, 0.2) is 11.8 Å². The van der Waals surface area contributed by atoms with Gasteiger partial charge in [-0.05, 0) is 27.2 Å². The lowest BCUT2D eigenvalue weighted by molar-refractivity contribution is 0.391. The SMILES string of the molecule is CCNC(=NCc1c(C)nn(C)c1C)NC1CCc2nc(C(C)C)nn2C1.I. The summed E-state index contributed by atoms with van der Waals surface area (Å²) in [5.74, 6) is 3.24. The second-order valence-corrected chi connectivity index (χ2v) is 7.57. The lowest BCUT2D eigenvalue weighted by Crippen LogP contribution is -2.47. The van der Waals surface area contributed by atoms with Crippen LogP contribution < -0.4 is 10.6 Å². The van der Waals surface area contributed by atoms with Gasteiger partial charge in [-0.1, -0.05) is 13.8 Å². The molecule has 0 saturated heterocycles. The first kappa shape index (κ1) is 22.6. The summed E-state index contributed by atoms with van der Waals surface area (Å²) < 4.78 is 3.97. The summed E-state index contributed by atoms with van der Waals surface area (Å²) in [7, 11) is 1.97. The number of nitrogens with zero attached hydrogens (tertiary/aromatic N) is 6. The fraction of sp³-hybridized carbons (Fsp3) is 0.684. The number of halogens is 1. The third-order valence-corrected chi connectivity index (χ3v) is 5.13. The molecular weight excluding hydrogens is 467 g/mol. The first-order chi connectivity index (χ1) is 12.9. The van der Waals surface area contributed by atoms with Gasteiger partial charge in [0.05, 0.1) is 18.8 Å². The minimum atomic E-state index is 0. The monoisotopic (exact) mass is 500 g/mol. The van der Waals surface area contributed by atoms with Crippen LogP contribution in [0.25, 0.3) is 0 Å². The Morgan fingerprint density at radius 2 is 2.04 bits per heavy atom. The van der Waals surface area contributed by atoms with Gasteiger partial charge in [-0.25, -0.2) is 14.7 Å². The maximum atomic E-state index is 4.80. The predicted octanol–water partition coefficient (Wildman–Crippen LogP) is 2.44. The van der Waals surface area contributed by atoms with Crippen LogP contribution in [0.4, 0.5) is 0 Å². The summed E-state index contributed by atoms with van der Waals surface area (Å²) in [5.41, 5.74) is 3.40. The maximum absolute atomic E-state index is 4.80. The number of hydrogen-bond donors (Lipinski definition) is 2. The Bertz CT molecular complexity index is 820. The Morgan fingerprint density at radius 3 is 2.64 bits per heavy atom. The van der Waals surface area contributed by atoms with Crippen molar-refractivity contribution in [3.8, 4) is 0 Å². The molecule has 0 fully saturated rings. The molecule has 3 rings (SSSR count). The topological polar surface area (TPSA) is 84.9 Å². The van der Waals surface area contributed by atoms with Crippen molar-refractivity contribution < 1.29 is 0 Å². The van der Waals surface area contributed by atoms with Crippen molar-refractivity contribution in [2.24, 2.45) is 12.0 Å². The van der Waals surface area contributed by atoms with Crippen LogP contribution >= 0.6 is 24.0 Å². The van der Waals surface area contributed by atoms with Gasteiger partial charge < -0.3 is 10.6 Å². The number of nitrogens with one attached hydrogen (secondary N) is 2. The van der Waals surface area contributed by atoms with Crippen molar-refractivity contribution in [2.45, 2.75) is 72.5 Å². The number of aliphatic imine (C=N–C) groups is 1. The molecule has 3 heterocycles. The molecule has 2 N–H and O–H groups in total. The van der Waals surface area contributed by atoms with E-state index in [1.165, 1.54) is 11.3 Å². The van der Waals surface area contributed by atoms with Gasteiger partial charge in [-0.15, -0.1) is 24.0 Å². The summed E-state index contributed by atoms with van der Waals surface area (Å²) in [4.78, 5) is 9.46. The molecule has 1 aliphatic rings. The van der Waals surface area contributed by atoms with Crippen molar-refractivity contribution in [1.29, 1.82) is 0 Å². The number of aromatic nitrogens is 5. The molecule has 0 saturated carbocycles. The molecule has 2 aromatic heterocycles. The lowest BCUT2D eigenvalue weighted by Gasteiger charge is -2.25. The summed E-state index contributed by atoms with van der Waals surface area (Å²) in [6.07, 6.45) is 1.98. The highest BCUT2D eigenvalue weighted by Gasteiger charge is 2.23. The maximum Gasteiger partial charge on any atom is 0.191 e. The van der Waals surface area contributed by atoms with E-state index < -0.39 is 0 Å². The Balaban J connectivity index is 0.00000280. The Kier molecular flexibility index (Phi) is 7.85. The van der Waals surface area contributed by atoms with Gasteiger partial charge in [0, 0.05) is 43.2 Å². The molecule has 9 heteroatoms. The highest BCUT2D eigenvalue weighted by Crippen LogP contribution is 2.17. The summed E-state index contributed by atoms with van der Waals surface area (Å²) in [6.45, 7) is 12.8. The zero-order chi connectivity index (χ0) is 19.6. The second kappa shape index (κ2) is 9.71. The van der Waals surface area contributed by atoms with E-state index in [0.717, 1.165) is 49.2 Å². The van der Waals surface area contributed by atoms with E-state index in [4.69, 9.17) is 4.99 Å². The number of aryl methyl sites for hydroxylation is 3. The summed E-state index contributed by atoms with van der Waals surface area (Å²) in [5, 5.41) is 16.1. The van der Waals surface area contributed by atoms with Gasteiger partial charge >= 0.3 is 0 Å². The third-order valence-electron chi connectivity index (χ3n) is 5.13. The van der Waals surface area contributed by atoms with Gasteiger partial charge in [-0.3, -0.25) is 4.68 Å². The summed E-state index contributed by atoms with van der Waals surface area (Å²) >= 11 is 0. The van der Waals surface area contributed by atoms with Crippen LogP contribution in [0.1, 0.15) is 61.7 Å². The second-order valence-electron chi connectivity index (χ2n) is 7.57. The van der Waals surface area contributed by atoms with Crippen LogP contribution in [0, 0.1) is 13.8 Å². The molecule has 0 aromatic carbocycles. The van der Waals surface area contributed by atoms with Crippen molar-refractivity contribution in [1.82, 2.24) is 35.2 Å². The van der Waals surface area contributed by atoms with Crippen molar-refractivity contribution in [3.05, 3.63) is 28.6 Å².